The highest BCUT2D eigenvalue weighted by atomic mass is 16.5. The molecule has 0 fully saturated rings. The second-order valence-corrected chi connectivity index (χ2v) is 5.68. The number of fused-ring (bicyclic) bond motifs is 1. The molecule has 0 saturated carbocycles. The summed E-state index contributed by atoms with van der Waals surface area (Å²) < 4.78 is 5.97. The standard InChI is InChI=1S/C17H28N2O/c1-4-6-12-19(3)15-13-20-16-10-8-7-9-14(16)17(15)18-11-5-2/h7-10,15,17-18H,4-6,11-13H2,1-3H3. The van der Waals surface area contributed by atoms with Crippen LogP contribution in [-0.4, -0.2) is 37.7 Å². The summed E-state index contributed by atoms with van der Waals surface area (Å²) in [6.07, 6.45) is 3.64. The molecule has 1 N–H and O–H groups in total. The molecular weight excluding hydrogens is 248 g/mol. The van der Waals surface area contributed by atoms with Crippen LogP contribution in [0.25, 0.3) is 0 Å². The van der Waals surface area contributed by atoms with Gasteiger partial charge in [-0.2, -0.15) is 0 Å². The van der Waals surface area contributed by atoms with Gasteiger partial charge < -0.3 is 10.1 Å². The van der Waals surface area contributed by atoms with E-state index < -0.39 is 0 Å². The average Bonchev–Trinajstić information content (AvgIpc) is 2.50. The van der Waals surface area contributed by atoms with Crippen molar-refractivity contribution >= 4 is 0 Å². The minimum Gasteiger partial charge on any atom is -0.492 e. The van der Waals surface area contributed by atoms with Crippen molar-refractivity contribution in [3.63, 3.8) is 0 Å². The molecule has 2 unspecified atom stereocenters. The van der Waals surface area contributed by atoms with E-state index in [4.69, 9.17) is 4.74 Å². The molecule has 1 aliphatic heterocycles. The Kier molecular flexibility index (Phi) is 5.86. The Hall–Kier alpha value is -1.06. The third-order valence-corrected chi connectivity index (χ3v) is 4.09. The largest absolute Gasteiger partial charge is 0.492 e. The Labute approximate surface area is 123 Å². The number of rotatable bonds is 7. The molecule has 20 heavy (non-hydrogen) atoms. The fourth-order valence-corrected chi connectivity index (χ4v) is 2.85. The monoisotopic (exact) mass is 276 g/mol. The highest BCUT2D eigenvalue weighted by Gasteiger charge is 2.32. The zero-order valence-corrected chi connectivity index (χ0v) is 13.1. The number of unbranched alkanes of at least 4 members (excludes halogenated alkanes) is 1. The zero-order valence-electron chi connectivity index (χ0n) is 13.1. The van der Waals surface area contributed by atoms with Crippen molar-refractivity contribution in [1.29, 1.82) is 0 Å². The lowest BCUT2D eigenvalue weighted by Gasteiger charge is -2.39. The molecule has 0 aromatic heterocycles. The quantitative estimate of drug-likeness (QED) is 0.827. The molecule has 112 valence electrons. The van der Waals surface area contributed by atoms with E-state index in [1.54, 1.807) is 0 Å². The molecule has 1 aliphatic rings. The van der Waals surface area contributed by atoms with Crippen LogP contribution < -0.4 is 10.1 Å². The summed E-state index contributed by atoms with van der Waals surface area (Å²) in [6.45, 7) is 7.42. The molecule has 2 atom stereocenters. The van der Waals surface area contributed by atoms with E-state index in [1.165, 1.54) is 18.4 Å². The summed E-state index contributed by atoms with van der Waals surface area (Å²) >= 11 is 0. The van der Waals surface area contributed by atoms with E-state index >= 15 is 0 Å². The van der Waals surface area contributed by atoms with E-state index in [0.717, 1.165) is 31.9 Å². The fraction of sp³-hybridized carbons (Fsp3) is 0.647. The van der Waals surface area contributed by atoms with Gasteiger partial charge in [0.05, 0.1) is 12.1 Å². The molecule has 2 rings (SSSR count). The van der Waals surface area contributed by atoms with Crippen LogP contribution in [0, 0.1) is 0 Å². The molecule has 0 aliphatic carbocycles. The SMILES string of the molecule is CCCCN(C)C1COc2ccccc2C1NCCC. The van der Waals surface area contributed by atoms with Crippen LogP contribution in [0.15, 0.2) is 24.3 Å². The van der Waals surface area contributed by atoms with Gasteiger partial charge >= 0.3 is 0 Å². The van der Waals surface area contributed by atoms with Crippen molar-refractivity contribution in [2.45, 2.75) is 45.2 Å². The Bertz CT molecular complexity index is 408. The number of hydrogen-bond donors (Lipinski definition) is 1. The first kappa shape index (κ1) is 15.3. The van der Waals surface area contributed by atoms with Crippen LogP contribution in [-0.2, 0) is 0 Å². The van der Waals surface area contributed by atoms with Crippen LogP contribution in [0.4, 0.5) is 0 Å². The lowest BCUT2D eigenvalue weighted by Crippen LogP contribution is -2.49. The first-order valence-corrected chi connectivity index (χ1v) is 7.93. The van der Waals surface area contributed by atoms with Crippen LogP contribution >= 0.6 is 0 Å². The summed E-state index contributed by atoms with van der Waals surface area (Å²) in [5.74, 6) is 1.04. The van der Waals surface area contributed by atoms with Gasteiger partial charge in [0.25, 0.3) is 0 Å². The Morgan fingerprint density at radius 3 is 2.80 bits per heavy atom. The van der Waals surface area contributed by atoms with Gasteiger partial charge in [-0.3, -0.25) is 4.90 Å². The number of benzene rings is 1. The number of nitrogens with one attached hydrogen (secondary N) is 1. The molecule has 0 bridgehead atoms. The maximum Gasteiger partial charge on any atom is 0.124 e. The van der Waals surface area contributed by atoms with Gasteiger partial charge in [-0.1, -0.05) is 38.5 Å². The summed E-state index contributed by atoms with van der Waals surface area (Å²) in [4.78, 5) is 2.45. The third kappa shape index (κ3) is 3.53. The summed E-state index contributed by atoms with van der Waals surface area (Å²) in [7, 11) is 2.22. The fourth-order valence-electron chi connectivity index (χ4n) is 2.85. The van der Waals surface area contributed by atoms with Gasteiger partial charge in [-0.15, -0.1) is 0 Å². The van der Waals surface area contributed by atoms with Gasteiger partial charge in [0.2, 0.25) is 0 Å². The molecule has 1 heterocycles. The first-order chi connectivity index (χ1) is 9.77. The van der Waals surface area contributed by atoms with E-state index in [9.17, 15) is 0 Å². The lowest BCUT2D eigenvalue weighted by molar-refractivity contribution is 0.105. The number of nitrogens with zero attached hydrogens (tertiary/aromatic N) is 1. The third-order valence-electron chi connectivity index (χ3n) is 4.09. The second kappa shape index (κ2) is 7.65. The van der Waals surface area contributed by atoms with Crippen LogP contribution in [0.5, 0.6) is 5.75 Å². The molecular formula is C17H28N2O. The Balaban J connectivity index is 2.15. The van der Waals surface area contributed by atoms with E-state index in [1.807, 2.05) is 0 Å². The van der Waals surface area contributed by atoms with Crippen molar-refractivity contribution in [2.24, 2.45) is 0 Å². The predicted octanol–water partition coefficient (Wildman–Crippen LogP) is 3.22. The molecule has 1 aromatic rings. The smallest absolute Gasteiger partial charge is 0.124 e. The zero-order chi connectivity index (χ0) is 14.4. The Morgan fingerprint density at radius 1 is 1.25 bits per heavy atom. The average molecular weight is 276 g/mol. The number of likely N-dealkylation sites (N-methyl/N-ethyl adjacent to an activating group) is 1. The van der Waals surface area contributed by atoms with Crippen molar-refractivity contribution in [3.8, 4) is 5.75 Å². The maximum absolute atomic E-state index is 5.97. The number of hydrogen-bond acceptors (Lipinski definition) is 3. The van der Waals surface area contributed by atoms with Gasteiger partial charge in [-0.25, -0.2) is 0 Å². The normalized spacial score (nSPS) is 21.6. The van der Waals surface area contributed by atoms with E-state index in [-0.39, 0.29) is 0 Å². The minimum absolute atomic E-state index is 0.377. The van der Waals surface area contributed by atoms with Gasteiger partial charge in [0, 0.05) is 5.56 Å². The minimum atomic E-state index is 0.377. The van der Waals surface area contributed by atoms with E-state index in [2.05, 4.69) is 55.4 Å². The highest BCUT2D eigenvalue weighted by Crippen LogP contribution is 2.33. The van der Waals surface area contributed by atoms with Crippen molar-refractivity contribution in [3.05, 3.63) is 29.8 Å². The maximum atomic E-state index is 5.97. The predicted molar refractivity (Wildman–Crippen MR) is 84.3 cm³/mol. The van der Waals surface area contributed by atoms with Gasteiger partial charge in [-0.05, 0) is 39.0 Å². The molecule has 0 amide bonds. The molecule has 0 saturated heterocycles. The van der Waals surface area contributed by atoms with E-state index in [0.29, 0.717) is 12.1 Å². The molecule has 3 nitrogen and oxygen atoms in total. The topological polar surface area (TPSA) is 24.5 Å². The summed E-state index contributed by atoms with van der Waals surface area (Å²) in [6, 6.07) is 9.24. The summed E-state index contributed by atoms with van der Waals surface area (Å²) in [5, 5.41) is 3.71. The molecule has 0 radical (unpaired) electrons. The van der Waals surface area contributed by atoms with Gasteiger partial charge in [0.1, 0.15) is 12.4 Å². The summed E-state index contributed by atoms with van der Waals surface area (Å²) in [5.41, 5.74) is 1.31. The molecule has 0 spiro atoms. The second-order valence-electron chi connectivity index (χ2n) is 5.68. The number of ether oxygens (including phenoxy) is 1. The van der Waals surface area contributed by atoms with Crippen LogP contribution in [0.2, 0.25) is 0 Å². The van der Waals surface area contributed by atoms with Crippen LogP contribution in [0.3, 0.4) is 0 Å². The molecule has 3 heteroatoms. The van der Waals surface area contributed by atoms with Crippen LogP contribution in [0.1, 0.15) is 44.7 Å². The van der Waals surface area contributed by atoms with Crippen molar-refractivity contribution in [2.75, 3.05) is 26.7 Å². The van der Waals surface area contributed by atoms with Gasteiger partial charge in [0.15, 0.2) is 0 Å². The Morgan fingerprint density at radius 2 is 2.05 bits per heavy atom. The number of para-hydroxylation sites is 1. The highest BCUT2D eigenvalue weighted by molar-refractivity contribution is 5.38. The van der Waals surface area contributed by atoms with Crippen molar-refractivity contribution < 1.29 is 4.74 Å². The van der Waals surface area contributed by atoms with Crippen molar-refractivity contribution in [1.82, 2.24) is 10.2 Å². The molecule has 1 aromatic carbocycles. The first-order valence-electron chi connectivity index (χ1n) is 7.93. The lowest BCUT2D eigenvalue weighted by atomic mass is 9.95.